The largest absolute Gasteiger partial charge is 0.495 e. The Morgan fingerprint density at radius 2 is 1.81 bits per heavy atom. The summed E-state index contributed by atoms with van der Waals surface area (Å²) in [7, 11) is -2.40. The second-order valence-electron chi connectivity index (χ2n) is 6.91. The summed E-state index contributed by atoms with van der Waals surface area (Å²) in [6.45, 7) is 5.59. The third-order valence-electron chi connectivity index (χ3n) is 4.55. The van der Waals surface area contributed by atoms with Gasteiger partial charge in [0.05, 0.1) is 22.9 Å². The lowest BCUT2D eigenvalue weighted by atomic mass is 9.91. The fourth-order valence-electron chi connectivity index (χ4n) is 2.97. The standard InChI is InChI=1S/C19H21BrO5S/c1-11-5-7-12(8-6-11)26(22,23)16-9-13-14(10-15(16)24-4)25-19(2,3)18(20)17(13)21/h5-10,17-18,21H,1-4H3. The van der Waals surface area contributed by atoms with Crippen LogP contribution < -0.4 is 9.47 Å². The third kappa shape index (κ3) is 3.12. The number of aliphatic hydroxyl groups is 1. The summed E-state index contributed by atoms with van der Waals surface area (Å²) >= 11 is 3.45. The lowest BCUT2D eigenvalue weighted by Gasteiger charge is -2.40. The average Bonchev–Trinajstić information content (AvgIpc) is 2.59. The smallest absolute Gasteiger partial charge is 0.210 e. The SMILES string of the molecule is COc1cc2c(cc1S(=O)(=O)c1ccc(C)cc1)C(O)C(Br)C(C)(C)O2. The number of sulfone groups is 1. The Bertz CT molecular complexity index is 935. The first kappa shape index (κ1) is 19.2. The molecule has 1 aliphatic heterocycles. The highest BCUT2D eigenvalue weighted by Crippen LogP contribution is 2.47. The number of hydrogen-bond acceptors (Lipinski definition) is 5. The topological polar surface area (TPSA) is 72.8 Å². The van der Waals surface area contributed by atoms with Crippen molar-refractivity contribution in [1.82, 2.24) is 0 Å². The van der Waals surface area contributed by atoms with Gasteiger partial charge in [-0.3, -0.25) is 0 Å². The van der Waals surface area contributed by atoms with E-state index in [9.17, 15) is 13.5 Å². The number of aliphatic hydroxyl groups excluding tert-OH is 1. The summed E-state index contributed by atoms with van der Waals surface area (Å²) in [6, 6.07) is 9.58. The number of benzene rings is 2. The zero-order valence-electron chi connectivity index (χ0n) is 15.0. The van der Waals surface area contributed by atoms with Crippen LogP contribution in [0, 0.1) is 6.92 Å². The lowest BCUT2D eigenvalue weighted by Crippen LogP contribution is -2.45. The van der Waals surface area contributed by atoms with Crippen LogP contribution in [0.15, 0.2) is 46.2 Å². The zero-order valence-corrected chi connectivity index (χ0v) is 17.4. The molecule has 0 saturated heterocycles. The number of aryl methyl sites for hydroxylation is 1. The number of rotatable bonds is 3. The van der Waals surface area contributed by atoms with E-state index in [1.165, 1.54) is 19.2 Å². The van der Waals surface area contributed by atoms with Gasteiger partial charge in [0.1, 0.15) is 22.0 Å². The van der Waals surface area contributed by atoms with E-state index in [1.807, 2.05) is 20.8 Å². The molecule has 0 saturated carbocycles. The Balaban J connectivity index is 2.19. The maximum atomic E-state index is 13.1. The molecule has 0 aliphatic carbocycles. The highest BCUT2D eigenvalue weighted by molar-refractivity contribution is 9.09. The van der Waals surface area contributed by atoms with Crippen molar-refractivity contribution < 1.29 is 23.0 Å². The van der Waals surface area contributed by atoms with Gasteiger partial charge in [0, 0.05) is 11.6 Å². The predicted molar refractivity (Wildman–Crippen MR) is 102 cm³/mol. The van der Waals surface area contributed by atoms with Gasteiger partial charge in [-0.05, 0) is 39.0 Å². The number of alkyl halides is 1. The van der Waals surface area contributed by atoms with Gasteiger partial charge in [0.15, 0.2) is 0 Å². The van der Waals surface area contributed by atoms with Crippen LogP contribution in [-0.4, -0.2) is 31.1 Å². The molecule has 3 rings (SSSR count). The van der Waals surface area contributed by atoms with E-state index in [0.717, 1.165) is 5.56 Å². The van der Waals surface area contributed by atoms with Gasteiger partial charge in [0.2, 0.25) is 9.84 Å². The molecule has 2 unspecified atom stereocenters. The van der Waals surface area contributed by atoms with Crippen molar-refractivity contribution >= 4 is 25.8 Å². The van der Waals surface area contributed by atoms with Gasteiger partial charge in [-0.1, -0.05) is 33.6 Å². The molecule has 0 amide bonds. The van der Waals surface area contributed by atoms with E-state index in [0.29, 0.717) is 11.3 Å². The lowest BCUT2D eigenvalue weighted by molar-refractivity contribution is 0.0221. The summed E-state index contributed by atoms with van der Waals surface area (Å²) in [4.78, 5) is -0.209. The molecule has 26 heavy (non-hydrogen) atoms. The first-order chi connectivity index (χ1) is 12.1. The van der Waals surface area contributed by atoms with Crippen molar-refractivity contribution in [3.05, 3.63) is 47.5 Å². The highest BCUT2D eigenvalue weighted by Gasteiger charge is 2.43. The Hall–Kier alpha value is -1.57. The van der Waals surface area contributed by atoms with E-state index >= 15 is 0 Å². The highest BCUT2D eigenvalue weighted by atomic mass is 79.9. The van der Waals surface area contributed by atoms with Gasteiger partial charge < -0.3 is 14.6 Å². The minimum atomic E-state index is -3.81. The fraction of sp³-hybridized carbons (Fsp3) is 0.368. The van der Waals surface area contributed by atoms with Crippen LogP contribution in [0.25, 0.3) is 0 Å². The molecule has 140 valence electrons. The van der Waals surface area contributed by atoms with Crippen LogP contribution in [0.2, 0.25) is 0 Å². The Morgan fingerprint density at radius 3 is 2.38 bits per heavy atom. The third-order valence-corrected chi connectivity index (χ3v) is 7.94. The van der Waals surface area contributed by atoms with Crippen LogP contribution in [0.4, 0.5) is 0 Å². The summed E-state index contributed by atoms with van der Waals surface area (Å²) in [5.74, 6) is 0.596. The minimum absolute atomic E-state index is 0.00431. The number of ether oxygens (including phenoxy) is 2. The molecule has 0 aromatic heterocycles. The van der Waals surface area contributed by atoms with Crippen LogP contribution in [-0.2, 0) is 9.84 Å². The molecule has 1 aliphatic rings. The van der Waals surface area contributed by atoms with E-state index in [1.54, 1.807) is 24.3 Å². The number of halogens is 1. The van der Waals surface area contributed by atoms with Crippen molar-refractivity contribution in [3.8, 4) is 11.5 Å². The van der Waals surface area contributed by atoms with Gasteiger partial charge in [-0.15, -0.1) is 0 Å². The molecule has 2 atom stereocenters. The molecule has 1 N–H and O–H groups in total. The molecule has 7 heteroatoms. The van der Waals surface area contributed by atoms with Gasteiger partial charge in [0.25, 0.3) is 0 Å². The number of hydrogen-bond donors (Lipinski definition) is 1. The van der Waals surface area contributed by atoms with Crippen LogP contribution in [0.3, 0.4) is 0 Å². The Labute approximate surface area is 162 Å². The maximum Gasteiger partial charge on any atom is 0.210 e. The van der Waals surface area contributed by atoms with Crippen molar-refractivity contribution in [2.75, 3.05) is 7.11 Å². The quantitative estimate of drug-likeness (QED) is 0.734. The Kier molecular flexibility index (Phi) is 4.83. The van der Waals surface area contributed by atoms with Crippen LogP contribution in [0.1, 0.15) is 31.1 Å². The van der Waals surface area contributed by atoms with Crippen molar-refractivity contribution in [2.45, 2.75) is 47.1 Å². The second kappa shape index (κ2) is 6.55. The van der Waals surface area contributed by atoms with E-state index in [4.69, 9.17) is 9.47 Å². The van der Waals surface area contributed by atoms with Crippen molar-refractivity contribution in [3.63, 3.8) is 0 Å². The van der Waals surface area contributed by atoms with E-state index < -0.39 is 21.5 Å². The van der Waals surface area contributed by atoms with E-state index in [-0.39, 0.29) is 20.4 Å². The molecule has 2 aromatic rings. The van der Waals surface area contributed by atoms with Crippen molar-refractivity contribution in [1.29, 1.82) is 0 Å². The summed E-state index contributed by atoms with van der Waals surface area (Å²) in [5.41, 5.74) is 0.724. The fourth-order valence-corrected chi connectivity index (χ4v) is 4.78. The summed E-state index contributed by atoms with van der Waals surface area (Å²) in [6.07, 6.45) is -0.911. The predicted octanol–water partition coefficient (Wildman–Crippen LogP) is 3.80. The first-order valence-electron chi connectivity index (χ1n) is 8.13. The normalized spacial score (nSPS) is 21.6. The van der Waals surface area contributed by atoms with Crippen molar-refractivity contribution in [2.24, 2.45) is 0 Å². The van der Waals surface area contributed by atoms with Crippen LogP contribution >= 0.6 is 15.9 Å². The molecular weight excluding hydrogens is 420 g/mol. The summed E-state index contributed by atoms with van der Waals surface area (Å²) in [5, 5.41) is 10.7. The molecule has 0 spiro atoms. The molecule has 5 nitrogen and oxygen atoms in total. The van der Waals surface area contributed by atoms with Gasteiger partial charge in [-0.2, -0.15) is 0 Å². The van der Waals surface area contributed by atoms with Crippen LogP contribution in [0.5, 0.6) is 11.5 Å². The van der Waals surface area contributed by atoms with E-state index in [2.05, 4.69) is 15.9 Å². The minimum Gasteiger partial charge on any atom is -0.495 e. The zero-order chi connectivity index (χ0) is 19.3. The maximum absolute atomic E-state index is 13.1. The molecule has 0 radical (unpaired) electrons. The summed E-state index contributed by atoms with van der Waals surface area (Å²) < 4.78 is 37.5. The second-order valence-corrected chi connectivity index (χ2v) is 9.81. The Morgan fingerprint density at radius 1 is 1.19 bits per heavy atom. The molecule has 2 aromatic carbocycles. The number of fused-ring (bicyclic) bond motifs is 1. The van der Waals surface area contributed by atoms with Gasteiger partial charge >= 0.3 is 0 Å². The average molecular weight is 441 g/mol. The first-order valence-corrected chi connectivity index (χ1v) is 10.5. The monoisotopic (exact) mass is 440 g/mol. The molecule has 0 bridgehead atoms. The number of methoxy groups -OCH3 is 1. The molecular formula is C19H21BrO5S. The molecule has 1 heterocycles. The van der Waals surface area contributed by atoms with Gasteiger partial charge in [-0.25, -0.2) is 8.42 Å². The molecule has 0 fully saturated rings.